The van der Waals surface area contributed by atoms with E-state index < -0.39 is 0 Å². The normalized spacial score (nSPS) is 10.5. The third kappa shape index (κ3) is 2.45. The van der Waals surface area contributed by atoms with Crippen molar-refractivity contribution in [3.05, 3.63) is 16.1 Å². The molecule has 17 heavy (non-hydrogen) atoms. The van der Waals surface area contributed by atoms with E-state index in [1.54, 1.807) is 6.92 Å². The van der Waals surface area contributed by atoms with Gasteiger partial charge in [-0.25, -0.2) is 14.8 Å². The van der Waals surface area contributed by atoms with E-state index in [1.165, 1.54) is 22.7 Å². The van der Waals surface area contributed by atoms with E-state index in [1.807, 2.05) is 12.3 Å². The van der Waals surface area contributed by atoms with Crippen molar-refractivity contribution in [1.29, 1.82) is 0 Å². The molecule has 0 atom stereocenters. The van der Waals surface area contributed by atoms with Crippen molar-refractivity contribution < 1.29 is 9.53 Å². The van der Waals surface area contributed by atoms with Crippen LogP contribution in [0.25, 0.3) is 10.6 Å². The second-order valence-electron chi connectivity index (χ2n) is 3.23. The zero-order valence-electron chi connectivity index (χ0n) is 9.39. The molecule has 5 nitrogen and oxygen atoms in total. The van der Waals surface area contributed by atoms with Gasteiger partial charge >= 0.3 is 5.97 Å². The molecule has 0 radical (unpaired) electrons. The molecule has 2 N–H and O–H groups in total. The van der Waals surface area contributed by atoms with Crippen LogP contribution in [-0.4, -0.2) is 22.5 Å². The summed E-state index contributed by atoms with van der Waals surface area (Å²) in [6, 6.07) is 0. The molecule has 0 unspecified atom stereocenters. The second kappa shape index (κ2) is 4.80. The monoisotopic (exact) mass is 269 g/mol. The molecule has 2 aromatic heterocycles. The zero-order valence-corrected chi connectivity index (χ0v) is 11.0. The number of nitrogens with two attached hydrogens (primary N) is 1. The minimum Gasteiger partial charge on any atom is -0.461 e. The van der Waals surface area contributed by atoms with Crippen LogP contribution >= 0.6 is 22.7 Å². The zero-order chi connectivity index (χ0) is 12.4. The van der Waals surface area contributed by atoms with Gasteiger partial charge in [0, 0.05) is 5.38 Å². The molecule has 0 fully saturated rings. The maximum absolute atomic E-state index is 11.5. The number of carbonyl (C=O) groups excluding carboxylic acids is 1. The molecule has 0 saturated heterocycles. The number of anilines is 1. The maximum Gasteiger partial charge on any atom is 0.367 e. The first-order valence-corrected chi connectivity index (χ1v) is 6.67. The fourth-order valence-electron chi connectivity index (χ4n) is 1.32. The molecule has 0 amide bonds. The highest BCUT2D eigenvalue weighted by Crippen LogP contribution is 2.31. The minimum atomic E-state index is -0.390. The summed E-state index contributed by atoms with van der Waals surface area (Å²) in [6.45, 7) is 3.98. The number of thiazole rings is 2. The molecular formula is C10H11N3O2S2. The van der Waals surface area contributed by atoms with Crippen LogP contribution in [0.2, 0.25) is 0 Å². The average molecular weight is 269 g/mol. The number of nitrogen functional groups attached to an aromatic ring is 1. The van der Waals surface area contributed by atoms with Gasteiger partial charge in [-0.05, 0) is 13.8 Å². The van der Waals surface area contributed by atoms with Crippen LogP contribution in [0.4, 0.5) is 5.13 Å². The number of esters is 1. The van der Waals surface area contributed by atoms with Gasteiger partial charge in [-0.3, -0.25) is 0 Å². The Morgan fingerprint density at radius 2 is 2.29 bits per heavy atom. The van der Waals surface area contributed by atoms with Crippen molar-refractivity contribution >= 4 is 33.8 Å². The molecule has 2 aromatic rings. The molecule has 7 heteroatoms. The molecule has 90 valence electrons. The third-order valence-corrected chi connectivity index (χ3v) is 3.83. The molecular weight excluding hydrogens is 258 g/mol. The van der Waals surface area contributed by atoms with Crippen LogP contribution in [0.5, 0.6) is 0 Å². The van der Waals surface area contributed by atoms with Gasteiger partial charge in [-0.1, -0.05) is 11.3 Å². The molecule has 0 bridgehead atoms. The first-order chi connectivity index (χ1) is 8.11. The lowest BCUT2D eigenvalue weighted by atomic mass is 10.3. The van der Waals surface area contributed by atoms with Gasteiger partial charge in [0.1, 0.15) is 0 Å². The molecule has 0 aliphatic rings. The number of rotatable bonds is 3. The second-order valence-corrected chi connectivity index (χ2v) is 5.11. The van der Waals surface area contributed by atoms with Gasteiger partial charge < -0.3 is 10.5 Å². The molecule has 0 spiro atoms. The number of aromatic nitrogens is 2. The lowest BCUT2D eigenvalue weighted by Gasteiger charge is -1.95. The quantitative estimate of drug-likeness (QED) is 0.865. The van der Waals surface area contributed by atoms with E-state index >= 15 is 0 Å². The Bertz CT molecular complexity index is 547. The van der Waals surface area contributed by atoms with E-state index in [0.717, 1.165) is 16.3 Å². The van der Waals surface area contributed by atoms with Gasteiger partial charge in [-0.2, -0.15) is 0 Å². The highest BCUT2D eigenvalue weighted by Gasteiger charge is 2.16. The van der Waals surface area contributed by atoms with Crippen LogP contribution in [-0.2, 0) is 4.74 Å². The highest BCUT2D eigenvalue weighted by molar-refractivity contribution is 7.19. The van der Waals surface area contributed by atoms with Crippen molar-refractivity contribution in [3.63, 3.8) is 0 Å². The fourth-order valence-corrected chi connectivity index (χ4v) is 2.89. The van der Waals surface area contributed by atoms with Crippen molar-refractivity contribution in [2.75, 3.05) is 12.3 Å². The molecule has 2 rings (SSSR count). The lowest BCUT2D eigenvalue weighted by molar-refractivity contribution is 0.0526. The molecule has 0 aromatic carbocycles. The van der Waals surface area contributed by atoms with Gasteiger partial charge in [0.25, 0.3) is 0 Å². The van der Waals surface area contributed by atoms with Crippen molar-refractivity contribution in [1.82, 2.24) is 9.97 Å². The largest absolute Gasteiger partial charge is 0.461 e. The molecule has 0 aliphatic carbocycles. The maximum atomic E-state index is 11.5. The Balaban J connectivity index is 2.30. The molecule has 0 aliphatic heterocycles. The molecule has 2 heterocycles. The van der Waals surface area contributed by atoms with Crippen molar-refractivity contribution in [3.8, 4) is 10.6 Å². The SMILES string of the molecule is CCOC(=O)c1nc(-c2sc(N)nc2C)cs1. The smallest absolute Gasteiger partial charge is 0.367 e. The van der Waals surface area contributed by atoms with Crippen LogP contribution in [0.15, 0.2) is 5.38 Å². The Hall–Kier alpha value is -1.47. The van der Waals surface area contributed by atoms with E-state index in [-0.39, 0.29) is 5.97 Å². The lowest BCUT2D eigenvalue weighted by Crippen LogP contribution is -2.03. The van der Waals surface area contributed by atoms with Crippen LogP contribution in [0.3, 0.4) is 0 Å². The Morgan fingerprint density at radius 3 is 2.88 bits per heavy atom. The van der Waals surface area contributed by atoms with Crippen LogP contribution < -0.4 is 5.73 Å². The number of carbonyl (C=O) groups is 1. The Kier molecular flexibility index (Phi) is 3.39. The summed E-state index contributed by atoms with van der Waals surface area (Å²) >= 11 is 2.63. The average Bonchev–Trinajstić information content (AvgIpc) is 2.85. The van der Waals surface area contributed by atoms with Crippen molar-refractivity contribution in [2.24, 2.45) is 0 Å². The summed E-state index contributed by atoms with van der Waals surface area (Å²) in [6.07, 6.45) is 0. The van der Waals surface area contributed by atoms with E-state index in [0.29, 0.717) is 16.7 Å². The van der Waals surface area contributed by atoms with Gasteiger partial charge in [0.05, 0.1) is 22.9 Å². The van der Waals surface area contributed by atoms with Crippen molar-refractivity contribution in [2.45, 2.75) is 13.8 Å². The summed E-state index contributed by atoms with van der Waals surface area (Å²) in [5.74, 6) is -0.390. The fraction of sp³-hybridized carbons (Fsp3) is 0.300. The predicted molar refractivity (Wildman–Crippen MR) is 68.3 cm³/mol. The first kappa shape index (κ1) is 12.0. The van der Waals surface area contributed by atoms with Crippen LogP contribution in [0, 0.1) is 6.92 Å². The topological polar surface area (TPSA) is 78.1 Å². The number of hydrogen-bond acceptors (Lipinski definition) is 7. The van der Waals surface area contributed by atoms with E-state index in [9.17, 15) is 4.79 Å². The molecule has 0 saturated carbocycles. The predicted octanol–water partition coefficient (Wildman–Crippen LogP) is 2.33. The standard InChI is InChI=1S/C10H11N3O2S2/c1-3-15-9(14)8-13-6(4-16-8)7-5(2)12-10(11)17-7/h4H,3H2,1-2H3,(H2,11,12). The highest BCUT2D eigenvalue weighted by atomic mass is 32.1. The first-order valence-electron chi connectivity index (χ1n) is 4.97. The minimum absolute atomic E-state index is 0.348. The van der Waals surface area contributed by atoms with Gasteiger partial charge in [-0.15, -0.1) is 11.3 Å². The summed E-state index contributed by atoms with van der Waals surface area (Å²) in [5.41, 5.74) is 7.18. The third-order valence-electron chi connectivity index (χ3n) is 2.00. The van der Waals surface area contributed by atoms with Gasteiger partial charge in [0.2, 0.25) is 5.01 Å². The van der Waals surface area contributed by atoms with Gasteiger partial charge in [0.15, 0.2) is 5.13 Å². The number of ether oxygens (including phenoxy) is 1. The van der Waals surface area contributed by atoms with E-state index in [4.69, 9.17) is 10.5 Å². The number of nitrogens with zero attached hydrogens (tertiary/aromatic N) is 2. The number of hydrogen-bond donors (Lipinski definition) is 1. The summed E-state index contributed by atoms with van der Waals surface area (Å²) in [4.78, 5) is 20.7. The summed E-state index contributed by atoms with van der Waals surface area (Å²) in [5, 5.41) is 2.67. The Morgan fingerprint density at radius 1 is 1.53 bits per heavy atom. The summed E-state index contributed by atoms with van der Waals surface area (Å²) < 4.78 is 4.88. The van der Waals surface area contributed by atoms with E-state index in [2.05, 4.69) is 9.97 Å². The number of aryl methyl sites for hydroxylation is 1. The Labute approximate surface area is 106 Å². The van der Waals surface area contributed by atoms with Crippen LogP contribution in [0.1, 0.15) is 22.4 Å². The summed E-state index contributed by atoms with van der Waals surface area (Å²) in [7, 11) is 0.